The Kier molecular flexibility index (Phi) is 4.78. The van der Waals surface area contributed by atoms with Crippen LogP contribution in [-0.2, 0) is 6.54 Å². The van der Waals surface area contributed by atoms with Crippen molar-refractivity contribution in [1.82, 2.24) is 5.32 Å². The molecule has 1 N–H and O–H groups in total. The molecule has 0 heterocycles. The summed E-state index contributed by atoms with van der Waals surface area (Å²) in [6.07, 6.45) is 0. The molecule has 0 radical (unpaired) electrons. The number of hydrogen-bond acceptors (Lipinski definition) is 1. The second kappa shape index (κ2) is 6.36. The van der Waals surface area contributed by atoms with E-state index >= 15 is 0 Å². The lowest BCUT2D eigenvalue weighted by Gasteiger charge is -2.17. The first-order chi connectivity index (χ1) is 9.06. The average Bonchev–Trinajstić information content (AvgIpc) is 2.36. The van der Waals surface area contributed by atoms with Gasteiger partial charge < -0.3 is 5.32 Å². The van der Waals surface area contributed by atoms with Gasteiger partial charge in [0.2, 0.25) is 0 Å². The summed E-state index contributed by atoms with van der Waals surface area (Å²) in [6, 6.07) is 15.4. The first kappa shape index (κ1) is 14.3. The summed E-state index contributed by atoms with van der Waals surface area (Å²) in [5, 5.41) is 3.58. The van der Waals surface area contributed by atoms with E-state index in [9.17, 15) is 0 Å². The van der Waals surface area contributed by atoms with Gasteiger partial charge in [-0.25, -0.2) is 0 Å². The molecule has 2 rings (SSSR count). The minimum absolute atomic E-state index is 0.361. The fraction of sp³-hybridized carbons (Fsp3) is 0.294. The van der Waals surface area contributed by atoms with Gasteiger partial charge in [-0.3, -0.25) is 0 Å². The lowest BCUT2D eigenvalue weighted by molar-refractivity contribution is 0.572. The van der Waals surface area contributed by atoms with Gasteiger partial charge in [0.25, 0.3) is 0 Å². The Bertz CT molecular complexity index is 563. The van der Waals surface area contributed by atoms with Gasteiger partial charge >= 0.3 is 0 Å². The molecular weight excluding hydrogens is 298 g/mol. The zero-order valence-corrected chi connectivity index (χ0v) is 13.3. The fourth-order valence-electron chi connectivity index (χ4n) is 2.34. The Hall–Kier alpha value is -1.12. The van der Waals surface area contributed by atoms with Gasteiger partial charge in [0.1, 0.15) is 0 Å². The molecule has 1 unspecified atom stereocenters. The third kappa shape index (κ3) is 3.92. The Morgan fingerprint density at radius 3 is 2.58 bits per heavy atom. The number of rotatable bonds is 4. The van der Waals surface area contributed by atoms with E-state index in [1.165, 1.54) is 22.3 Å². The van der Waals surface area contributed by atoms with E-state index in [0.29, 0.717) is 6.04 Å². The van der Waals surface area contributed by atoms with E-state index in [2.05, 4.69) is 84.5 Å². The number of benzene rings is 2. The minimum atomic E-state index is 0.361. The van der Waals surface area contributed by atoms with Crippen molar-refractivity contribution in [2.45, 2.75) is 33.4 Å². The van der Waals surface area contributed by atoms with Crippen molar-refractivity contribution < 1.29 is 0 Å². The number of aryl methyl sites for hydroxylation is 2. The highest BCUT2D eigenvalue weighted by Crippen LogP contribution is 2.19. The second-order valence-corrected chi connectivity index (χ2v) is 6.01. The first-order valence-electron chi connectivity index (χ1n) is 6.61. The Morgan fingerprint density at radius 2 is 1.89 bits per heavy atom. The predicted molar refractivity (Wildman–Crippen MR) is 85.3 cm³/mol. The van der Waals surface area contributed by atoms with Gasteiger partial charge in [-0.1, -0.05) is 51.8 Å². The van der Waals surface area contributed by atoms with Crippen LogP contribution in [0.4, 0.5) is 0 Å². The topological polar surface area (TPSA) is 12.0 Å². The monoisotopic (exact) mass is 317 g/mol. The van der Waals surface area contributed by atoms with Crippen LogP contribution in [0.15, 0.2) is 46.9 Å². The SMILES string of the molecule is Cc1ccc(C(C)NCc2cccc(Br)c2)c(C)c1. The minimum Gasteiger partial charge on any atom is -0.306 e. The van der Waals surface area contributed by atoms with Crippen molar-refractivity contribution in [1.29, 1.82) is 0 Å². The molecule has 0 bridgehead atoms. The molecule has 1 atom stereocenters. The zero-order valence-electron chi connectivity index (χ0n) is 11.7. The summed E-state index contributed by atoms with van der Waals surface area (Å²) < 4.78 is 1.13. The largest absolute Gasteiger partial charge is 0.306 e. The van der Waals surface area contributed by atoms with E-state index in [0.717, 1.165) is 11.0 Å². The van der Waals surface area contributed by atoms with Gasteiger partial charge in [0.05, 0.1) is 0 Å². The van der Waals surface area contributed by atoms with Crippen molar-refractivity contribution in [3.63, 3.8) is 0 Å². The van der Waals surface area contributed by atoms with Gasteiger partial charge in [-0.15, -0.1) is 0 Å². The summed E-state index contributed by atoms with van der Waals surface area (Å²) in [5.74, 6) is 0. The molecule has 1 nitrogen and oxygen atoms in total. The zero-order chi connectivity index (χ0) is 13.8. The average molecular weight is 318 g/mol. The molecule has 0 aromatic heterocycles. The maximum atomic E-state index is 3.58. The van der Waals surface area contributed by atoms with Gasteiger partial charge in [0, 0.05) is 17.1 Å². The van der Waals surface area contributed by atoms with Crippen LogP contribution in [0.2, 0.25) is 0 Å². The molecular formula is C17H20BrN. The lowest BCUT2D eigenvalue weighted by atomic mass is 10.00. The molecule has 0 saturated carbocycles. The molecule has 100 valence electrons. The first-order valence-corrected chi connectivity index (χ1v) is 7.40. The van der Waals surface area contributed by atoms with Crippen LogP contribution in [0, 0.1) is 13.8 Å². The molecule has 0 aliphatic rings. The Balaban J connectivity index is 2.03. The third-order valence-electron chi connectivity index (χ3n) is 3.39. The quantitative estimate of drug-likeness (QED) is 0.844. The highest BCUT2D eigenvalue weighted by atomic mass is 79.9. The highest BCUT2D eigenvalue weighted by Gasteiger charge is 2.07. The van der Waals surface area contributed by atoms with Gasteiger partial charge in [-0.2, -0.15) is 0 Å². The maximum absolute atomic E-state index is 3.58. The van der Waals surface area contributed by atoms with E-state index in [4.69, 9.17) is 0 Å². The number of nitrogens with one attached hydrogen (secondary N) is 1. The summed E-state index contributed by atoms with van der Waals surface area (Å²) in [5.41, 5.74) is 5.35. The van der Waals surface area contributed by atoms with Gasteiger partial charge in [-0.05, 0) is 49.6 Å². The van der Waals surface area contributed by atoms with Crippen LogP contribution in [0.3, 0.4) is 0 Å². The fourth-order valence-corrected chi connectivity index (χ4v) is 2.79. The molecule has 0 aliphatic carbocycles. The van der Waals surface area contributed by atoms with Crippen molar-refractivity contribution >= 4 is 15.9 Å². The molecule has 0 spiro atoms. The number of hydrogen-bond donors (Lipinski definition) is 1. The van der Waals surface area contributed by atoms with Crippen molar-refractivity contribution in [2.24, 2.45) is 0 Å². The van der Waals surface area contributed by atoms with Crippen LogP contribution < -0.4 is 5.32 Å². The number of halogens is 1. The second-order valence-electron chi connectivity index (χ2n) is 5.09. The lowest BCUT2D eigenvalue weighted by Crippen LogP contribution is -2.18. The smallest absolute Gasteiger partial charge is 0.0297 e. The highest BCUT2D eigenvalue weighted by molar-refractivity contribution is 9.10. The summed E-state index contributed by atoms with van der Waals surface area (Å²) >= 11 is 3.51. The molecule has 0 amide bonds. The maximum Gasteiger partial charge on any atom is 0.0297 e. The van der Waals surface area contributed by atoms with Crippen LogP contribution in [0.25, 0.3) is 0 Å². The summed E-state index contributed by atoms with van der Waals surface area (Å²) in [7, 11) is 0. The van der Waals surface area contributed by atoms with E-state index in [1.807, 2.05) is 0 Å². The van der Waals surface area contributed by atoms with E-state index in [-0.39, 0.29) is 0 Å². The molecule has 0 aliphatic heterocycles. The predicted octanol–water partition coefficient (Wildman–Crippen LogP) is 4.92. The van der Waals surface area contributed by atoms with Crippen molar-refractivity contribution in [2.75, 3.05) is 0 Å². The summed E-state index contributed by atoms with van der Waals surface area (Å²) in [6.45, 7) is 7.42. The third-order valence-corrected chi connectivity index (χ3v) is 3.89. The van der Waals surface area contributed by atoms with Crippen LogP contribution >= 0.6 is 15.9 Å². The van der Waals surface area contributed by atoms with Crippen LogP contribution in [0.1, 0.15) is 35.2 Å². The molecule has 19 heavy (non-hydrogen) atoms. The van der Waals surface area contributed by atoms with Crippen LogP contribution in [0.5, 0.6) is 0 Å². The Labute approximate surface area is 124 Å². The van der Waals surface area contributed by atoms with E-state index in [1.54, 1.807) is 0 Å². The Morgan fingerprint density at radius 1 is 1.11 bits per heavy atom. The normalized spacial score (nSPS) is 12.4. The van der Waals surface area contributed by atoms with Crippen molar-refractivity contribution in [3.05, 3.63) is 69.2 Å². The summed E-state index contributed by atoms with van der Waals surface area (Å²) in [4.78, 5) is 0. The molecule has 2 aromatic rings. The van der Waals surface area contributed by atoms with E-state index < -0.39 is 0 Å². The standard InChI is InChI=1S/C17H20BrN/c1-12-7-8-17(13(2)9-12)14(3)19-11-15-5-4-6-16(18)10-15/h4-10,14,19H,11H2,1-3H3. The molecule has 0 saturated heterocycles. The van der Waals surface area contributed by atoms with Crippen LogP contribution in [-0.4, -0.2) is 0 Å². The van der Waals surface area contributed by atoms with Crippen molar-refractivity contribution in [3.8, 4) is 0 Å². The molecule has 0 fully saturated rings. The molecule has 2 aromatic carbocycles. The molecule has 2 heteroatoms. The van der Waals surface area contributed by atoms with Gasteiger partial charge in [0.15, 0.2) is 0 Å².